The Morgan fingerprint density at radius 3 is 2.66 bits per heavy atom. The maximum Gasteiger partial charge on any atom is 0.225 e. The summed E-state index contributed by atoms with van der Waals surface area (Å²) in [6, 6.07) is 10.4. The summed E-state index contributed by atoms with van der Waals surface area (Å²) in [5.41, 5.74) is 1.24. The van der Waals surface area contributed by atoms with Gasteiger partial charge in [0.2, 0.25) is 5.91 Å². The molecule has 1 aliphatic heterocycles. The largest absolute Gasteiger partial charge is 0.598 e. The molecule has 1 aliphatic rings. The van der Waals surface area contributed by atoms with Crippen molar-refractivity contribution in [1.29, 1.82) is 0 Å². The number of carbonyl (C=O) groups excluding carboxylic acids is 1. The van der Waals surface area contributed by atoms with Crippen molar-refractivity contribution in [1.82, 2.24) is 9.62 Å². The third-order valence-corrected chi connectivity index (χ3v) is 5.92. The first-order chi connectivity index (χ1) is 13.8. The molecule has 1 N–H and O–H groups in total. The number of hydrogen-bond donors (Lipinski definition) is 1. The SMILES string of the molecule is CC(C)C(=O)N1CCC(N[S+](C)[O-])C1Cc1cccc(-c2cccc(F)c2)c1F. The van der Waals surface area contributed by atoms with Gasteiger partial charge in [-0.15, -0.1) is 4.72 Å². The minimum atomic E-state index is -1.24. The molecule has 1 amide bonds. The summed E-state index contributed by atoms with van der Waals surface area (Å²) < 4.78 is 43.7. The maximum absolute atomic E-state index is 15.3. The van der Waals surface area contributed by atoms with Gasteiger partial charge in [0.1, 0.15) is 17.9 Å². The van der Waals surface area contributed by atoms with Gasteiger partial charge in [-0.2, -0.15) is 0 Å². The highest BCUT2D eigenvalue weighted by molar-refractivity contribution is 7.88. The molecule has 7 heteroatoms. The number of likely N-dealkylation sites (tertiary alicyclic amines) is 1. The van der Waals surface area contributed by atoms with Crippen molar-refractivity contribution in [3.63, 3.8) is 0 Å². The highest BCUT2D eigenvalue weighted by atomic mass is 32.2. The van der Waals surface area contributed by atoms with Crippen molar-refractivity contribution in [3.05, 3.63) is 59.7 Å². The molecule has 0 spiro atoms. The van der Waals surface area contributed by atoms with Crippen LogP contribution in [-0.2, 0) is 22.6 Å². The monoisotopic (exact) mass is 420 g/mol. The van der Waals surface area contributed by atoms with Crippen LogP contribution in [0.5, 0.6) is 0 Å². The number of carbonyl (C=O) groups is 1. The zero-order valence-corrected chi connectivity index (χ0v) is 17.6. The van der Waals surface area contributed by atoms with Gasteiger partial charge in [-0.05, 0) is 36.1 Å². The molecule has 1 saturated heterocycles. The molecule has 1 fully saturated rings. The lowest BCUT2D eigenvalue weighted by atomic mass is 9.95. The Kier molecular flexibility index (Phi) is 6.93. The van der Waals surface area contributed by atoms with Gasteiger partial charge in [-0.3, -0.25) is 4.79 Å². The fourth-order valence-electron chi connectivity index (χ4n) is 3.90. The van der Waals surface area contributed by atoms with Crippen LogP contribution >= 0.6 is 0 Å². The van der Waals surface area contributed by atoms with E-state index in [2.05, 4.69) is 4.72 Å². The predicted molar refractivity (Wildman–Crippen MR) is 111 cm³/mol. The first kappa shape index (κ1) is 21.7. The normalized spacial score (nSPS) is 20.3. The topological polar surface area (TPSA) is 55.4 Å². The van der Waals surface area contributed by atoms with Gasteiger partial charge in [0.25, 0.3) is 0 Å². The van der Waals surface area contributed by atoms with Gasteiger partial charge >= 0.3 is 0 Å². The van der Waals surface area contributed by atoms with Gasteiger partial charge in [-0.1, -0.05) is 44.2 Å². The van der Waals surface area contributed by atoms with Crippen LogP contribution in [0.4, 0.5) is 8.78 Å². The van der Waals surface area contributed by atoms with E-state index in [4.69, 9.17) is 0 Å². The lowest BCUT2D eigenvalue weighted by molar-refractivity contribution is -0.135. The molecular formula is C22H26F2N2O2S. The number of rotatable bonds is 6. The molecule has 1 heterocycles. The Labute approximate surface area is 173 Å². The van der Waals surface area contributed by atoms with Crippen LogP contribution in [0.3, 0.4) is 0 Å². The first-order valence-electron chi connectivity index (χ1n) is 9.71. The summed E-state index contributed by atoms with van der Waals surface area (Å²) in [5.74, 6) is -1.01. The minimum absolute atomic E-state index is 0.00267. The summed E-state index contributed by atoms with van der Waals surface area (Å²) >= 11 is -1.24. The molecule has 3 atom stereocenters. The summed E-state index contributed by atoms with van der Waals surface area (Å²) in [7, 11) is 0. The molecule has 0 aromatic heterocycles. The van der Waals surface area contributed by atoms with Crippen LogP contribution in [0.2, 0.25) is 0 Å². The van der Waals surface area contributed by atoms with Gasteiger partial charge in [0.15, 0.2) is 0 Å². The number of halogens is 2. The fourth-order valence-corrected chi connectivity index (χ4v) is 4.60. The minimum Gasteiger partial charge on any atom is -0.598 e. The number of nitrogens with zero attached hydrogens (tertiary/aromatic N) is 1. The molecular weight excluding hydrogens is 394 g/mol. The van der Waals surface area contributed by atoms with E-state index in [9.17, 15) is 13.7 Å². The molecule has 0 radical (unpaired) electrons. The summed E-state index contributed by atoms with van der Waals surface area (Å²) in [6.45, 7) is 4.22. The maximum atomic E-state index is 15.3. The molecule has 3 unspecified atom stereocenters. The second-order valence-electron chi connectivity index (χ2n) is 7.71. The van der Waals surface area contributed by atoms with Crippen molar-refractivity contribution < 1.29 is 18.1 Å². The van der Waals surface area contributed by atoms with E-state index in [1.54, 1.807) is 41.5 Å². The zero-order valence-electron chi connectivity index (χ0n) is 16.8. The van der Waals surface area contributed by atoms with Gasteiger partial charge in [0.05, 0.1) is 12.1 Å². The van der Waals surface area contributed by atoms with Crippen LogP contribution in [0.25, 0.3) is 11.1 Å². The van der Waals surface area contributed by atoms with Crippen molar-refractivity contribution in [2.45, 2.75) is 38.8 Å². The Balaban J connectivity index is 1.92. The van der Waals surface area contributed by atoms with Crippen LogP contribution in [-0.4, -0.2) is 40.2 Å². The smallest absolute Gasteiger partial charge is 0.225 e. The van der Waals surface area contributed by atoms with E-state index in [1.807, 2.05) is 13.8 Å². The molecule has 2 aromatic rings. The second kappa shape index (κ2) is 9.24. The van der Waals surface area contributed by atoms with E-state index < -0.39 is 23.0 Å². The molecule has 0 bridgehead atoms. The van der Waals surface area contributed by atoms with Gasteiger partial charge < -0.3 is 9.45 Å². The van der Waals surface area contributed by atoms with Crippen LogP contribution < -0.4 is 4.72 Å². The Hall–Kier alpha value is -1.96. The highest BCUT2D eigenvalue weighted by Gasteiger charge is 2.39. The average Bonchev–Trinajstić information content (AvgIpc) is 3.04. The van der Waals surface area contributed by atoms with Crippen molar-refractivity contribution >= 4 is 17.3 Å². The Bertz CT molecular complexity index is 876. The van der Waals surface area contributed by atoms with Crippen LogP contribution in [0, 0.1) is 17.6 Å². The molecule has 0 saturated carbocycles. The molecule has 29 heavy (non-hydrogen) atoms. The average molecular weight is 421 g/mol. The highest BCUT2D eigenvalue weighted by Crippen LogP contribution is 2.29. The quantitative estimate of drug-likeness (QED) is 0.726. The summed E-state index contributed by atoms with van der Waals surface area (Å²) in [6.07, 6.45) is 2.51. The lowest BCUT2D eigenvalue weighted by Crippen LogP contribution is -2.48. The third kappa shape index (κ3) is 4.97. The van der Waals surface area contributed by atoms with Gasteiger partial charge in [-0.25, -0.2) is 8.78 Å². The van der Waals surface area contributed by atoms with E-state index in [1.165, 1.54) is 12.1 Å². The lowest BCUT2D eigenvalue weighted by Gasteiger charge is -2.30. The number of benzene rings is 2. The predicted octanol–water partition coefficient (Wildman–Crippen LogP) is 3.68. The Morgan fingerprint density at radius 2 is 2.00 bits per heavy atom. The molecule has 156 valence electrons. The Morgan fingerprint density at radius 1 is 1.28 bits per heavy atom. The van der Waals surface area contributed by atoms with Crippen LogP contribution in [0.1, 0.15) is 25.8 Å². The number of amides is 1. The fraction of sp³-hybridized carbons (Fsp3) is 0.409. The molecule has 4 nitrogen and oxygen atoms in total. The zero-order chi connectivity index (χ0) is 21.1. The van der Waals surface area contributed by atoms with E-state index >= 15 is 4.39 Å². The molecule has 3 rings (SSSR count). The summed E-state index contributed by atoms with van der Waals surface area (Å²) in [5, 5.41) is 0. The molecule has 2 aromatic carbocycles. The summed E-state index contributed by atoms with van der Waals surface area (Å²) in [4.78, 5) is 14.4. The second-order valence-corrected chi connectivity index (χ2v) is 8.86. The van der Waals surface area contributed by atoms with E-state index in [0.717, 1.165) is 0 Å². The van der Waals surface area contributed by atoms with Crippen molar-refractivity contribution in [3.8, 4) is 11.1 Å². The molecule has 0 aliphatic carbocycles. The van der Waals surface area contributed by atoms with Crippen LogP contribution in [0.15, 0.2) is 42.5 Å². The number of nitrogens with one attached hydrogen (secondary N) is 1. The first-order valence-corrected chi connectivity index (χ1v) is 11.3. The van der Waals surface area contributed by atoms with E-state index in [0.29, 0.717) is 36.1 Å². The van der Waals surface area contributed by atoms with E-state index in [-0.39, 0.29) is 23.9 Å². The van der Waals surface area contributed by atoms with Crippen molar-refractivity contribution in [2.75, 3.05) is 12.8 Å². The van der Waals surface area contributed by atoms with Gasteiger partial charge in [0, 0.05) is 29.4 Å². The standard InChI is InChI=1S/C22H26F2N2O2S/c1-14(2)22(27)26-11-10-19(25-29(3)28)20(26)13-16-7-5-9-18(21(16)24)15-6-4-8-17(23)12-15/h4-9,12,14,19-20,25H,10-11,13H2,1-3H3. The number of hydrogen-bond acceptors (Lipinski definition) is 3. The van der Waals surface area contributed by atoms with Crippen molar-refractivity contribution in [2.24, 2.45) is 5.92 Å². The third-order valence-electron chi connectivity index (χ3n) is 5.28.